The van der Waals surface area contributed by atoms with Crippen LogP contribution in [0, 0.1) is 0 Å². The smallest absolute Gasteiger partial charge is 0.374 e. The summed E-state index contributed by atoms with van der Waals surface area (Å²) in [5, 5.41) is 4.15. The number of carbonyl (C=O) groups is 1. The lowest BCUT2D eigenvalue weighted by atomic mass is 10.1. The summed E-state index contributed by atoms with van der Waals surface area (Å²) in [5.74, 6) is 1.62. The molecule has 0 unspecified atom stereocenters. The molecule has 188 valence electrons. The van der Waals surface area contributed by atoms with Crippen LogP contribution in [-0.4, -0.2) is 30.4 Å². The molecule has 0 atom stereocenters. The second-order valence-electron chi connectivity index (χ2n) is 8.05. The molecule has 8 nitrogen and oxygen atoms in total. The maximum absolute atomic E-state index is 13.4. The number of nitrogens with one attached hydrogen (secondary N) is 1. The summed E-state index contributed by atoms with van der Waals surface area (Å²) in [6.07, 6.45) is 0. The van der Waals surface area contributed by atoms with Gasteiger partial charge in [-0.25, -0.2) is 4.79 Å². The van der Waals surface area contributed by atoms with Gasteiger partial charge in [-0.3, -0.25) is 4.79 Å². The van der Waals surface area contributed by atoms with Gasteiger partial charge < -0.3 is 28.5 Å². The molecule has 0 spiro atoms. The highest BCUT2D eigenvalue weighted by Crippen LogP contribution is 2.25. The normalized spacial score (nSPS) is 11.1. The third-order valence-electron chi connectivity index (χ3n) is 5.54. The van der Waals surface area contributed by atoms with Gasteiger partial charge in [-0.2, -0.15) is 0 Å². The zero-order valence-corrected chi connectivity index (χ0v) is 20.5. The molecule has 0 saturated carbocycles. The van der Waals surface area contributed by atoms with E-state index < -0.39 is 5.97 Å². The molecule has 0 amide bonds. The van der Waals surface area contributed by atoms with Crippen LogP contribution in [0.3, 0.4) is 0 Å². The highest BCUT2D eigenvalue weighted by molar-refractivity contribution is 5.86. The van der Waals surface area contributed by atoms with Gasteiger partial charge in [0.25, 0.3) is 5.56 Å². The Bertz CT molecular complexity index is 1360. The van der Waals surface area contributed by atoms with E-state index in [4.69, 9.17) is 18.6 Å². The van der Waals surface area contributed by atoms with E-state index in [9.17, 15) is 9.59 Å². The largest absolute Gasteiger partial charge is 0.460 e. The van der Waals surface area contributed by atoms with Gasteiger partial charge in [-0.05, 0) is 61.7 Å². The van der Waals surface area contributed by atoms with Crippen molar-refractivity contribution in [2.24, 2.45) is 0 Å². The number of hydrogen-bond acceptors (Lipinski definition) is 7. The minimum atomic E-state index is -0.494. The average molecular weight is 491 g/mol. The van der Waals surface area contributed by atoms with Gasteiger partial charge in [0, 0.05) is 31.3 Å². The number of esters is 1. The van der Waals surface area contributed by atoms with E-state index in [1.54, 1.807) is 23.6 Å². The molecule has 0 radical (unpaired) electrons. The number of nitrogens with zero attached hydrogens (tertiary/aromatic N) is 1. The number of benzene rings is 2. The van der Waals surface area contributed by atoms with Gasteiger partial charge >= 0.3 is 5.97 Å². The fourth-order valence-electron chi connectivity index (χ4n) is 3.85. The summed E-state index contributed by atoms with van der Waals surface area (Å²) < 4.78 is 23.7. The van der Waals surface area contributed by atoms with Crippen molar-refractivity contribution in [3.63, 3.8) is 0 Å². The van der Waals surface area contributed by atoms with Crippen molar-refractivity contribution >= 4 is 16.9 Å². The molecule has 1 N–H and O–H groups in total. The Morgan fingerprint density at radius 2 is 1.78 bits per heavy atom. The number of aromatic nitrogens is 1. The number of rotatable bonds is 12. The summed E-state index contributed by atoms with van der Waals surface area (Å²) in [5.41, 5.74) is 1.30. The van der Waals surface area contributed by atoms with Crippen molar-refractivity contribution in [2.45, 2.75) is 33.5 Å². The zero-order valence-electron chi connectivity index (χ0n) is 20.5. The molecule has 0 bridgehead atoms. The number of fused-ring (bicyclic) bond motifs is 1. The third kappa shape index (κ3) is 6.21. The summed E-state index contributed by atoms with van der Waals surface area (Å²) in [6, 6.07) is 20.4. The summed E-state index contributed by atoms with van der Waals surface area (Å²) in [7, 11) is 0. The topological polar surface area (TPSA) is 91.9 Å². The minimum absolute atomic E-state index is 0.0989. The SMILES string of the molecule is CCOCCn1c(=O)c(CNCc2ccc(C(=O)OCC)o2)cc2ccc(Oc3ccccc3)cc21. The first kappa shape index (κ1) is 25.2. The van der Waals surface area contributed by atoms with Crippen LogP contribution in [0.4, 0.5) is 0 Å². The van der Waals surface area contributed by atoms with Gasteiger partial charge in [0.2, 0.25) is 5.76 Å². The fourth-order valence-corrected chi connectivity index (χ4v) is 3.85. The van der Waals surface area contributed by atoms with Gasteiger partial charge in [0.05, 0.1) is 25.3 Å². The van der Waals surface area contributed by atoms with Crippen LogP contribution in [0.1, 0.15) is 35.7 Å². The second-order valence-corrected chi connectivity index (χ2v) is 8.05. The first-order valence-electron chi connectivity index (χ1n) is 12.0. The Hall–Kier alpha value is -3.88. The van der Waals surface area contributed by atoms with Crippen molar-refractivity contribution in [2.75, 3.05) is 19.8 Å². The molecule has 0 aliphatic carbocycles. The maximum atomic E-state index is 13.4. The van der Waals surface area contributed by atoms with E-state index in [-0.39, 0.29) is 17.9 Å². The summed E-state index contributed by atoms with van der Waals surface area (Å²) >= 11 is 0. The second kappa shape index (κ2) is 12.2. The van der Waals surface area contributed by atoms with Crippen LogP contribution in [0.25, 0.3) is 10.9 Å². The number of para-hydroxylation sites is 1. The lowest BCUT2D eigenvalue weighted by Gasteiger charge is -2.15. The van der Waals surface area contributed by atoms with Crippen LogP contribution in [0.15, 0.2) is 75.9 Å². The minimum Gasteiger partial charge on any atom is -0.460 e. The van der Waals surface area contributed by atoms with Crippen molar-refractivity contribution in [1.82, 2.24) is 9.88 Å². The molecule has 8 heteroatoms. The van der Waals surface area contributed by atoms with Gasteiger partial charge in [0.1, 0.15) is 17.3 Å². The lowest BCUT2D eigenvalue weighted by molar-refractivity contribution is 0.0488. The predicted octanol–water partition coefficient (Wildman–Crippen LogP) is 4.89. The van der Waals surface area contributed by atoms with Crippen molar-refractivity contribution in [3.8, 4) is 11.5 Å². The molecule has 2 heterocycles. The molecule has 0 aliphatic rings. The number of carbonyl (C=O) groups excluding carboxylic acids is 1. The number of furan rings is 1. The molecule has 0 aliphatic heterocycles. The Labute approximate surface area is 209 Å². The van der Waals surface area contributed by atoms with Crippen molar-refractivity contribution < 1.29 is 23.4 Å². The molecular weight excluding hydrogens is 460 g/mol. The zero-order chi connectivity index (χ0) is 25.3. The Kier molecular flexibility index (Phi) is 8.54. The first-order chi connectivity index (χ1) is 17.6. The maximum Gasteiger partial charge on any atom is 0.374 e. The highest BCUT2D eigenvalue weighted by Gasteiger charge is 2.14. The average Bonchev–Trinajstić information content (AvgIpc) is 3.36. The highest BCUT2D eigenvalue weighted by atomic mass is 16.5. The molecule has 2 aromatic carbocycles. The van der Waals surface area contributed by atoms with E-state index in [2.05, 4.69) is 5.32 Å². The predicted molar refractivity (Wildman–Crippen MR) is 136 cm³/mol. The van der Waals surface area contributed by atoms with E-state index >= 15 is 0 Å². The molecule has 0 fully saturated rings. The van der Waals surface area contributed by atoms with Crippen LogP contribution < -0.4 is 15.6 Å². The van der Waals surface area contributed by atoms with Crippen LogP contribution >= 0.6 is 0 Å². The van der Waals surface area contributed by atoms with Crippen LogP contribution in [0.5, 0.6) is 11.5 Å². The Balaban J connectivity index is 1.54. The van der Waals surface area contributed by atoms with Crippen LogP contribution in [0.2, 0.25) is 0 Å². The molecule has 4 aromatic rings. The molecule has 0 saturated heterocycles. The van der Waals surface area contributed by atoms with Crippen molar-refractivity contribution in [1.29, 1.82) is 0 Å². The van der Waals surface area contributed by atoms with Crippen LogP contribution in [-0.2, 0) is 29.1 Å². The lowest BCUT2D eigenvalue weighted by Crippen LogP contribution is -2.28. The van der Waals surface area contributed by atoms with Gasteiger partial charge in [-0.15, -0.1) is 0 Å². The monoisotopic (exact) mass is 490 g/mol. The molecular formula is C28H30N2O6. The van der Waals surface area contributed by atoms with E-state index in [1.165, 1.54) is 0 Å². The van der Waals surface area contributed by atoms with E-state index in [0.717, 1.165) is 16.7 Å². The van der Waals surface area contributed by atoms with E-state index in [0.29, 0.717) is 49.9 Å². The first-order valence-corrected chi connectivity index (χ1v) is 12.0. The standard InChI is InChI=1S/C28H30N2O6/c1-3-33-15-14-30-25-17-23(35-22-8-6-5-7-9-22)11-10-20(25)16-21(27(30)31)18-29-19-24-12-13-26(36-24)28(32)34-4-2/h5-13,16-17,29H,3-4,14-15,18-19H2,1-2H3. The van der Waals surface area contributed by atoms with Gasteiger partial charge in [-0.1, -0.05) is 18.2 Å². The quantitative estimate of drug-likeness (QED) is 0.223. The number of ether oxygens (including phenoxy) is 3. The summed E-state index contributed by atoms with van der Waals surface area (Å²) in [6.45, 7) is 6.07. The van der Waals surface area contributed by atoms with Gasteiger partial charge in [0.15, 0.2) is 0 Å². The Morgan fingerprint density at radius 3 is 2.56 bits per heavy atom. The molecule has 4 rings (SSSR count). The molecule has 36 heavy (non-hydrogen) atoms. The third-order valence-corrected chi connectivity index (χ3v) is 5.54. The number of pyridine rings is 1. The Morgan fingerprint density at radius 1 is 0.944 bits per heavy atom. The number of hydrogen-bond donors (Lipinski definition) is 1. The summed E-state index contributed by atoms with van der Waals surface area (Å²) in [4.78, 5) is 25.2. The fraction of sp³-hybridized carbons (Fsp3) is 0.286. The molecule has 2 aromatic heterocycles. The van der Waals surface area contributed by atoms with E-state index in [1.807, 2.05) is 61.5 Å². The van der Waals surface area contributed by atoms with Crippen molar-refractivity contribution in [3.05, 3.63) is 94.2 Å².